The number of aromatic nitrogens is 4. The Morgan fingerprint density at radius 3 is 2.64 bits per heavy atom. The van der Waals surface area contributed by atoms with Gasteiger partial charge in [-0.3, -0.25) is 10.1 Å². The van der Waals surface area contributed by atoms with Gasteiger partial charge in [-0.25, -0.2) is 4.98 Å². The first kappa shape index (κ1) is 22.5. The van der Waals surface area contributed by atoms with Gasteiger partial charge in [0.05, 0.1) is 19.8 Å². The molecule has 0 aliphatic carbocycles. The van der Waals surface area contributed by atoms with Crippen molar-refractivity contribution in [3.05, 3.63) is 11.5 Å². The van der Waals surface area contributed by atoms with Crippen LogP contribution in [0.1, 0.15) is 27.2 Å². The Labute approximate surface area is 170 Å². The third-order valence-corrected chi connectivity index (χ3v) is 9.47. The summed E-state index contributed by atoms with van der Waals surface area (Å²) in [6.07, 6.45) is 2.63. The summed E-state index contributed by atoms with van der Waals surface area (Å²) in [5.74, 6) is 0.0860. The molecular weight excluding hydrogens is 402 g/mol. The van der Waals surface area contributed by atoms with Gasteiger partial charge < -0.3 is 14.0 Å². The van der Waals surface area contributed by atoms with Crippen LogP contribution in [0.3, 0.4) is 0 Å². The van der Waals surface area contributed by atoms with Crippen LogP contribution in [0.4, 0.5) is 5.95 Å². The van der Waals surface area contributed by atoms with Crippen molar-refractivity contribution in [3.63, 3.8) is 0 Å². The first-order chi connectivity index (χ1) is 13.2. The number of halogens is 1. The van der Waals surface area contributed by atoms with Gasteiger partial charge in [0.1, 0.15) is 18.5 Å². The van der Waals surface area contributed by atoms with Crippen molar-refractivity contribution in [3.8, 4) is 0 Å². The van der Waals surface area contributed by atoms with E-state index in [4.69, 9.17) is 25.6 Å². The number of ether oxygens (including phenoxy) is 1. The summed E-state index contributed by atoms with van der Waals surface area (Å²) in [6, 6.07) is 0. The molecule has 0 spiro atoms. The normalized spacial score (nSPS) is 12.4. The van der Waals surface area contributed by atoms with Crippen molar-refractivity contribution < 1.29 is 18.8 Å². The predicted molar refractivity (Wildman–Crippen MR) is 110 cm³/mol. The molecule has 0 radical (unpaired) electrons. The van der Waals surface area contributed by atoms with Gasteiger partial charge in [0.15, 0.2) is 13.5 Å². The molecule has 28 heavy (non-hydrogen) atoms. The lowest BCUT2D eigenvalue weighted by molar-refractivity contribution is -0.105. The minimum absolute atomic E-state index is 0.0860. The Morgan fingerprint density at radius 1 is 1.21 bits per heavy atom. The van der Waals surface area contributed by atoms with E-state index in [2.05, 4.69) is 54.1 Å². The molecule has 0 aliphatic heterocycles. The molecule has 2 heterocycles. The maximum atomic E-state index is 10.6. The third-order valence-electron chi connectivity index (χ3n) is 4.67. The highest BCUT2D eigenvalue weighted by Crippen LogP contribution is 2.36. The van der Waals surface area contributed by atoms with Crippen LogP contribution < -0.4 is 10.2 Å². The molecule has 0 saturated heterocycles. The molecule has 0 unspecified atom stereocenters. The minimum atomic E-state index is -1.72. The predicted octanol–water partition coefficient (Wildman–Crippen LogP) is 2.91. The van der Waals surface area contributed by atoms with Crippen LogP contribution in [0.5, 0.6) is 0 Å². The van der Waals surface area contributed by atoms with Crippen molar-refractivity contribution in [2.45, 2.75) is 45.3 Å². The van der Waals surface area contributed by atoms with Gasteiger partial charge in [-0.05, 0) is 18.1 Å². The molecule has 0 aliphatic rings. The first-order valence-corrected chi connectivity index (χ1v) is 12.4. The van der Waals surface area contributed by atoms with Crippen LogP contribution in [0.15, 0.2) is 6.33 Å². The van der Waals surface area contributed by atoms with E-state index in [-0.39, 0.29) is 16.1 Å². The van der Waals surface area contributed by atoms with E-state index >= 15 is 0 Å². The summed E-state index contributed by atoms with van der Waals surface area (Å²) in [5, 5.41) is 2.70. The number of carbonyl (C=O) groups excluding carboxylic acids is 1. The summed E-state index contributed by atoms with van der Waals surface area (Å²) in [4.78, 5) is 28.4. The zero-order valence-electron chi connectivity index (χ0n) is 17.0. The largest absolute Gasteiger partial charge is 0.414 e. The van der Waals surface area contributed by atoms with Crippen molar-refractivity contribution in [2.24, 2.45) is 0 Å². The Morgan fingerprint density at radius 2 is 1.96 bits per heavy atom. The number of hydrogen-bond donors (Lipinski definition) is 1. The van der Waals surface area contributed by atoms with Gasteiger partial charge in [0.2, 0.25) is 18.0 Å². The summed E-state index contributed by atoms with van der Waals surface area (Å²) in [5.41, 5.74) is 0.783. The number of nitrogens with one attached hydrogen (secondary N) is 1. The van der Waals surface area contributed by atoms with E-state index in [1.807, 2.05) is 0 Å². The first-order valence-electron chi connectivity index (χ1n) is 9.11. The summed E-state index contributed by atoms with van der Waals surface area (Å²) < 4.78 is 13.1. The highest BCUT2D eigenvalue weighted by Gasteiger charge is 2.36. The maximum absolute atomic E-state index is 10.6. The van der Waals surface area contributed by atoms with Crippen LogP contribution in [-0.4, -0.2) is 60.8 Å². The quantitative estimate of drug-likeness (QED) is 0.253. The molecule has 9 nitrogen and oxygen atoms in total. The van der Waals surface area contributed by atoms with Gasteiger partial charge >= 0.3 is 0 Å². The van der Waals surface area contributed by atoms with Crippen LogP contribution in [0, 0.1) is 0 Å². The topological polar surface area (TPSA) is 100 Å². The van der Waals surface area contributed by atoms with E-state index in [1.54, 1.807) is 0 Å². The SMILES string of the molecule is CC(C)(C)[Si](C)(C)OCCOCCCOn1cnc2c(Cl)nc(NC=O)nc21. The summed E-state index contributed by atoms with van der Waals surface area (Å²) in [6.45, 7) is 13.2. The number of carbonyl (C=O) groups is 1. The van der Waals surface area contributed by atoms with Crippen molar-refractivity contribution in [1.82, 2.24) is 19.7 Å². The maximum Gasteiger partial charge on any atom is 0.232 e. The second-order valence-electron chi connectivity index (χ2n) is 7.75. The average molecular weight is 430 g/mol. The Hall–Kier alpha value is -1.75. The van der Waals surface area contributed by atoms with Gasteiger partial charge in [-0.15, -0.1) is 0 Å². The molecular formula is C17H28ClN5O4Si. The highest BCUT2D eigenvalue weighted by atomic mass is 35.5. The smallest absolute Gasteiger partial charge is 0.232 e. The lowest BCUT2D eigenvalue weighted by Crippen LogP contribution is -2.41. The summed E-state index contributed by atoms with van der Waals surface area (Å²) in [7, 11) is -1.72. The molecule has 0 atom stereocenters. The van der Waals surface area contributed by atoms with Gasteiger partial charge in [-0.1, -0.05) is 32.4 Å². The standard InChI is InChI=1S/C17H28ClN5O4Si/c1-17(2,3)28(4,5)27-10-9-25-7-6-8-26-23-11-19-13-14(18)21-16(20-12-24)22-15(13)23/h11-12H,6-10H2,1-5H3,(H,20,21,22,24). The number of nitrogens with zero attached hydrogens (tertiary/aromatic N) is 4. The van der Waals surface area contributed by atoms with Gasteiger partial charge in [0.25, 0.3) is 0 Å². The Balaban J connectivity index is 1.72. The average Bonchev–Trinajstić information content (AvgIpc) is 3.00. The fraction of sp³-hybridized carbons (Fsp3) is 0.647. The van der Waals surface area contributed by atoms with Crippen LogP contribution in [0.2, 0.25) is 23.3 Å². The molecule has 2 aromatic rings. The molecule has 1 amide bonds. The van der Waals surface area contributed by atoms with E-state index in [9.17, 15) is 4.79 Å². The number of rotatable bonds is 11. The highest BCUT2D eigenvalue weighted by molar-refractivity contribution is 6.74. The lowest BCUT2D eigenvalue weighted by atomic mass is 10.2. The Bertz CT molecular complexity index is 794. The molecule has 0 fully saturated rings. The van der Waals surface area contributed by atoms with Crippen LogP contribution >= 0.6 is 11.6 Å². The van der Waals surface area contributed by atoms with Crippen LogP contribution in [-0.2, 0) is 14.0 Å². The second kappa shape index (κ2) is 9.64. The molecule has 2 aromatic heterocycles. The third kappa shape index (κ3) is 5.87. The monoisotopic (exact) mass is 429 g/mol. The van der Waals surface area contributed by atoms with E-state index in [0.29, 0.717) is 50.4 Å². The lowest BCUT2D eigenvalue weighted by Gasteiger charge is -2.36. The second-order valence-corrected chi connectivity index (χ2v) is 12.9. The van der Waals surface area contributed by atoms with Crippen molar-refractivity contribution in [2.75, 3.05) is 31.7 Å². The minimum Gasteiger partial charge on any atom is -0.414 e. The van der Waals surface area contributed by atoms with E-state index < -0.39 is 8.32 Å². The number of fused-ring (bicyclic) bond motifs is 1. The van der Waals surface area contributed by atoms with Gasteiger partial charge in [-0.2, -0.15) is 14.7 Å². The van der Waals surface area contributed by atoms with Crippen molar-refractivity contribution in [1.29, 1.82) is 0 Å². The number of hydrogen-bond acceptors (Lipinski definition) is 7. The van der Waals surface area contributed by atoms with E-state index in [0.717, 1.165) is 0 Å². The molecule has 0 aromatic carbocycles. The fourth-order valence-electron chi connectivity index (χ4n) is 2.06. The molecule has 156 valence electrons. The molecule has 1 N–H and O–H groups in total. The number of amides is 1. The molecule has 0 saturated carbocycles. The molecule has 11 heteroatoms. The summed E-state index contributed by atoms with van der Waals surface area (Å²) >= 11 is 6.04. The Kier molecular flexibility index (Phi) is 7.76. The number of imidazole rings is 1. The van der Waals surface area contributed by atoms with Crippen LogP contribution in [0.25, 0.3) is 11.2 Å². The molecule has 0 bridgehead atoms. The van der Waals surface area contributed by atoms with Crippen molar-refractivity contribution >= 4 is 43.4 Å². The fourth-order valence-corrected chi connectivity index (χ4v) is 3.30. The zero-order valence-corrected chi connectivity index (χ0v) is 18.7. The zero-order chi connectivity index (χ0) is 20.8. The number of anilines is 1. The van der Waals surface area contributed by atoms with Gasteiger partial charge in [0, 0.05) is 6.42 Å². The van der Waals surface area contributed by atoms with E-state index in [1.165, 1.54) is 11.1 Å². The molecule has 2 rings (SSSR count).